The molecule has 0 aliphatic heterocycles. The van der Waals surface area contributed by atoms with Gasteiger partial charge in [-0.15, -0.1) is 26.3 Å². The third-order valence-electron chi connectivity index (χ3n) is 7.87. The van der Waals surface area contributed by atoms with Gasteiger partial charge in [0.25, 0.3) is 0 Å². The summed E-state index contributed by atoms with van der Waals surface area (Å²) in [7, 11) is 2.44. The molecular weight excluding hydrogens is 815 g/mol. The number of esters is 2. The molecule has 2 heterocycles. The Morgan fingerprint density at radius 2 is 1.12 bits per heavy atom. The fourth-order valence-electron chi connectivity index (χ4n) is 5.01. The number of rotatable bonds is 12. The lowest BCUT2D eigenvalue weighted by molar-refractivity contribution is -0.275. The largest absolute Gasteiger partial charge is 0.573 e. The van der Waals surface area contributed by atoms with Crippen molar-refractivity contribution in [2.75, 3.05) is 27.4 Å². The van der Waals surface area contributed by atoms with E-state index in [0.717, 1.165) is 68.3 Å². The van der Waals surface area contributed by atoms with Gasteiger partial charge >= 0.3 is 24.7 Å². The van der Waals surface area contributed by atoms with Gasteiger partial charge in [-0.25, -0.2) is 22.8 Å². The van der Waals surface area contributed by atoms with Crippen molar-refractivity contribution in [2.45, 2.75) is 64.1 Å². The Balaban J connectivity index is 0.000000216. The van der Waals surface area contributed by atoms with Crippen LogP contribution in [0.15, 0.2) is 48.8 Å². The Morgan fingerprint density at radius 1 is 0.661 bits per heavy atom. The minimum Gasteiger partial charge on any atom is -0.504 e. The molecule has 2 fully saturated rings. The van der Waals surface area contributed by atoms with Crippen LogP contribution in [0.1, 0.15) is 83.5 Å². The number of aromatic hydroxyl groups is 1. The summed E-state index contributed by atoms with van der Waals surface area (Å²) in [5, 5.41) is 9.07. The summed E-state index contributed by atoms with van der Waals surface area (Å²) in [6.45, 7) is 3.25. The molecule has 4 aromatic rings. The molecular formula is C38H35F9N2O10. The van der Waals surface area contributed by atoms with Crippen LogP contribution in [-0.4, -0.2) is 67.2 Å². The van der Waals surface area contributed by atoms with E-state index in [1.165, 1.54) is 20.4 Å². The third-order valence-corrected chi connectivity index (χ3v) is 7.87. The van der Waals surface area contributed by atoms with Crippen molar-refractivity contribution >= 4 is 11.9 Å². The van der Waals surface area contributed by atoms with Crippen LogP contribution in [0.4, 0.5) is 39.5 Å². The number of carbonyl (C=O) groups excluding carboxylic acids is 2. The van der Waals surface area contributed by atoms with Crippen molar-refractivity contribution in [2.24, 2.45) is 0 Å². The topological polar surface area (TPSA) is 145 Å². The van der Waals surface area contributed by atoms with Crippen LogP contribution >= 0.6 is 0 Å². The Bertz CT molecular complexity index is 2110. The maximum absolute atomic E-state index is 14.9. The fourth-order valence-corrected chi connectivity index (χ4v) is 5.01. The lowest BCUT2D eigenvalue weighted by Gasteiger charge is -2.16. The number of pyridine rings is 2. The highest BCUT2D eigenvalue weighted by atomic mass is 19.4. The van der Waals surface area contributed by atoms with Gasteiger partial charge in [-0.3, -0.25) is 9.97 Å². The highest BCUT2D eigenvalue weighted by Crippen LogP contribution is 2.44. The first-order valence-corrected chi connectivity index (χ1v) is 17.4. The van der Waals surface area contributed by atoms with E-state index in [2.05, 4.69) is 28.9 Å². The summed E-state index contributed by atoms with van der Waals surface area (Å²) < 4.78 is 147. The second kappa shape index (κ2) is 19.5. The minimum absolute atomic E-state index is 0.0194. The number of phenolic OH excluding ortho intramolecular Hbond substituents is 1. The summed E-state index contributed by atoms with van der Waals surface area (Å²) in [5.74, 6) is -6.34. The molecule has 0 spiro atoms. The second-order valence-corrected chi connectivity index (χ2v) is 12.2. The highest BCUT2D eigenvalue weighted by molar-refractivity contribution is 5.93. The standard InChI is InChI=1S/C19H17F4NO5.C11H11F2NO2.C8H7F3O3/c1-3-27-18(25)15-14(9-24-17(16(15)20)10-4-5-10)28-12-7-6-11(8-13(12)26-2)29-19(21,22)23;1-2-16-11(15)8-7(12)5-14-10(9(8)13)6-3-4-6;1-13-7-4-5(2-3-6(7)12)14-8(9,10)11/h6-10H,3-5H2,1-2H3;5-6H,2-4H2,1H3;2-4,12H,1H3. The first-order chi connectivity index (χ1) is 27.8. The fraction of sp³-hybridized carbons (Fsp3) is 0.368. The number of aromatic nitrogens is 2. The number of hydrogen-bond acceptors (Lipinski definition) is 12. The van der Waals surface area contributed by atoms with Crippen LogP contribution in [0, 0.1) is 17.5 Å². The van der Waals surface area contributed by atoms with E-state index < -0.39 is 64.7 Å². The number of ether oxygens (including phenoxy) is 7. The molecule has 21 heteroatoms. The normalized spacial score (nSPS) is 13.4. The molecule has 2 aromatic carbocycles. The number of methoxy groups -OCH3 is 2. The molecule has 6 rings (SSSR count). The van der Waals surface area contributed by atoms with Crippen molar-refractivity contribution < 1.29 is 87.4 Å². The van der Waals surface area contributed by atoms with Gasteiger partial charge in [-0.05, 0) is 63.8 Å². The van der Waals surface area contributed by atoms with E-state index in [-0.39, 0.29) is 65.2 Å². The summed E-state index contributed by atoms with van der Waals surface area (Å²) in [6.07, 6.45) is -4.37. The van der Waals surface area contributed by atoms with Crippen molar-refractivity contribution in [3.63, 3.8) is 0 Å². The minimum atomic E-state index is -4.88. The molecule has 0 radical (unpaired) electrons. The van der Waals surface area contributed by atoms with Gasteiger partial charge in [-0.2, -0.15) is 0 Å². The Kier molecular flexibility index (Phi) is 15.1. The van der Waals surface area contributed by atoms with Gasteiger partial charge in [0, 0.05) is 24.0 Å². The average Bonchev–Trinajstić information content (AvgIpc) is 4.09. The number of nitrogens with zero attached hydrogens (tertiary/aromatic N) is 2. The smallest absolute Gasteiger partial charge is 0.504 e. The number of carbonyl (C=O) groups is 2. The zero-order valence-corrected chi connectivity index (χ0v) is 31.4. The van der Waals surface area contributed by atoms with Crippen molar-refractivity contribution in [3.8, 4) is 40.2 Å². The van der Waals surface area contributed by atoms with E-state index in [1.807, 2.05) is 0 Å². The van der Waals surface area contributed by atoms with Crippen LogP contribution in [0.2, 0.25) is 0 Å². The maximum atomic E-state index is 14.9. The van der Waals surface area contributed by atoms with Crippen LogP contribution < -0.4 is 23.7 Å². The van der Waals surface area contributed by atoms with E-state index in [0.29, 0.717) is 0 Å². The molecule has 59 heavy (non-hydrogen) atoms. The first-order valence-electron chi connectivity index (χ1n) is 17.4. The van der Waals surface area contributed by atoms with Crippen LogP contribution in [-0.2, 0) is 9.47 Å². The van der Waals surface area contributed by atoms with Crippen LogP contribution in [0.5, 0.6) is 40.2 Å². The van der Waals surface area contributed by atoms with Crippen LogP contribution in [0.25, 0.3) is 0 Å². The zero-order chi connectivity index (χ0) is 43.7. The predicted octanol–water partition coefficient (Wildman–Crippen LogP) is 9.69. The van der Waals surface area contributed by atoms with E-state index in [9.17, 15) is 49.1 Å². The molecule has 1 N–H and O–H groups in total. The lowest BCUT2D eigenvalue weighted by atomic mass is 10.1. The third kappa shape index (κ3) is 12.9. The summed E-state index contributed by atoms with van der Waals surface area (Å²) in [5.41, 5.74) is -0.731. The number of alkyl halides is 6. The summed E-state index contributed by atoms with van der Waals surface area (Å²) >= 11 is 0. The molecule has 0 bridgehead atoms. The molecule has 12 nitrogen and oxygen atoms in total. The number of halogens is 9. The average molecular weight is 851 g/mol. The van der Waals surface area contributed by atoms with E-state index >= 15 is 0 Å². The predicted molar refractivity (Wildman–Crippen MR) is 185 cm³/mol. The van der Waals surface area contributed by atoms with Gasteiger partial charge in [0.1, 0.15) is 22.6 Å². The van der Waals surface area contributed by atoms with E-state index in [1.54, 1.807) is 13.8 Å². The van der Waals surface area contributed by atoms with Crippen molar-refractivity contribution in [1.29, 1.82) is 0 Å². The Hall–Kier alpha value is -6.15. The molecule has 0 atom stereocenters. The second-order valence-electron chi connectivity index (χ2n) is 12.2. The number of hydrogen-bond donors (Lipinski definition) is 1. The molecule has 2 aromatic heterocycles. The number of phenols is 1. The van der Waals surface area contributed by atoms with Gasteiger partial charge in [0.05, 0.1) is 51.2 Å². The summed E-state index contributed by atoms with van der Waals surface area (Å²) in [4.78, 5) is 31.4. The van der Waals surface area contributed by atoms with Crippen molar-refractivity contribution in [1.82, 2.24) is 9.97 Å². The molecule has 2 aliphatic rings. The van der Waals surface area contributed by atoms with Gasteiger partial charge in [-0.1, -0.05) is 0 Å². The van der Waals surface area contributed by atoms with Crippen molar-refractivity contribution in [3.05, 3.63) is 88.8 Å². The maximum Gasteiger partial charge on any atom is 0.573 e. The molecule has 2 aliphatic carbocycles. The molecule has 0 saturated heterocycles. The van der Waals surface area contributed by atoms with Crippen LogP contribution in [0.3, 0.4) is 0 Å². The van der Waals surface area contributed by atoms with Gasteiger partial charge in [0.15, 0.2) is 46.2 Å². The zero-order valence-electron chi connectivity index (χ0n) is 31.4. The Morgan fingerprint density at radius 3 is 1.59 bits per heavy atom. The molecule has 0 unspecified atom stereocenters. The lowest BCUT2D eigenvalue weighted by Crippen LogP contribution is -2.17. The van der Waals surface area contributed by atoms with E-state index in [4.69, 9.17) is 19.3 Å². The molecule has 0 amide bonds. The monoisotopic (exact) mass is 850 g/mol. The Labute approximate surface area is 329 Å². The van der Waals surface area contributed by atoms with Gasteiger partial charge < -0.3 is 38.3 Å². The number of benzene rings is 2. The quantitative estimate of drug-likeness (QED) is 0.107. The van der Waals surface area contributed by atoms with Gasteiger partial charge in [0.2, 0.25) is 0 Å². The molecule has 320 valence electrons. The first kappa shape index (κ1) is 45.6. The highest BCUT2D eigenvalue weighted by Gasteiger charge is 2.35. The SMILES string of the molecule is CCOC(=O)c1c(F)cnc(C2CC2)c1F.CCOC(=O)c1c(Oc2ccc(OC(F)(F)F)cc2OC)cnc(C2CC2)c1F.COc1cc(OC(F)(F)F)ccc1O. The molecule has 2 saturated carbocycles. The summed E-state index contributed by atoms with van der Waals surface area (Å²) in [6, 6.07) is 6.09.